The zero-order valence-corrected chi connectivity index (χ0v) is 8.33. The summed E-state index contributed by atoms with van der Waals surface area (Å²) < 4.78 is 5.03. The van der Waals surface area contributed by atoms with Gasteiger partial charge in [0.15, 0.2) is 0 Å². The summed E-state index contributed by atoms with van der Waals surface area (Å²) in [6.45, 7) is 3.66. The van der Waals surface area contributed by atoms with Gasteiger partial charge >= 0.3 is 0 Å². The van der Waals surface area contributed by atoms with E-state index in [-0.39, 0.29) is 11.9 Å². The maximum atomic E-state index is 11.5. The molecule has 1 atom stereocenters. The van der Waals surface area contributed by atoms with Gasteiger partial charge in [-0.3, -0.25) is 4.79 Å². The molecule has 0 saturated carbocycles. The highest BCUT2D eigenvalue weighted by Gasteiger charge is 2.10. The lowest BCUT2D eigenvalue weighted by atomic mass is 10.2. The second kappa shape index (κ2) is 4.52. The van der Waals surface area contributed by atoms with Crippen LogP contribution >= 0.6 is 0 Å². The highest BCUT2D eigenvalue weighted by Crippen LogP contribution is 2.06. The molecule has 14 heavy (non-hydrogen) atoms. The van der Waals surface area contributed by atoms with Crippen LogP contribution in [0.1, 0.15) is 29.5 Å². The Balaban J connectivity index is 2.55. The maximum absolute atomic E-state index is 11.5. The second-order valence-corrected chi connectivity index (χ2v) is 3.23. The summed E-state index contributed by atoms with van der Waals surface area (Å²) in [5.74, 6) is 3.06. The van der Waals surface area contributed by atoms with E-state index in [1.807, 2.05) is 6.92 Å². The van der Waals surface area contributed by atoms with Crippen molar-refractivity contribution in [2.24, 2.45) is 0 Å². The van der Waals surface area contributed by atoms with Crippen LogP contribution in [0.15, 0.2) is 16.7 Å². The standard InChI is InChI=1S/C11H13NO2/c1-4-5-8(2)12-11(13)10-6-9(3)14-7-10/h1,6-8H,5H2,2-3H3,(H,12,13). The number of terminal acetylenes is 1. The molecule has 0 fully saturated rings. The van der Waals surface area contributed by atoms with E-state index < -0.39 is 0 Å². The highest BCUT2D eigenvalue weighted by molar-refractivity contribution is 5.94. The van der Waals surface area contributed by atoms with Crippen LogP contribution in [0, 0.1) is 19.3 Å². The van der Waals surface area contributed by atoms with Gasteiger partial charge in [-0.15, -0.1) is 12.3 Å². The Bertz CT molecular complexity index is 360. The number of carbonyl (C=O) groups is 1. The first-order chi connectivity index (χ1) is 6.63. The average Bonchev–Trinajstić information content (AvgIpc) is 2.52. The number of nitrogens with one attached hydrogen (secondary N) is 1. The molecule has 0 radical (unpaired) electrons. The van der Waals surface area contributed by atoms with Crippen molar-refractivity contribution in [3.63, 3.8) is 0 Å². The van der Waals surface area contributed by atoms with Crippen molar-refractivity contribution in [3.05, 3.63) is 23.7 Å². The topological polar surface area (TPSA) is 42.2 Å². The van der Waals surface area contributed by atoms with E-state index >= 15 is 0 Å². The molecule has 0 aromatic carbocycles. The number of hydrogen-bond acceptors (Lipinski definition) is 2. The summed E-state index contributed by atoms with van der Waals surface area (Å²) in [5.41, 5.74) is 0.534. The van der Waals surface area contributed by atoms with Crippen LogP contribution in [0.4, 0.5) is 0 Å². The molecule has 0 bridgehead atoms. The monoisotopic (exact) mass is 191 g/mol. The van der Waals surface area contributed by atoms with Gasteiger partial charge in [-0.2, -0.15) is 0 Å². The van der Waals surface area contributed by atoms with Crippen LogP contribution < -0.4 is 5.32 Å². The minimum Gasteiger partial charge on any atom is -0.469 e. The maximum Gasteiger partial charge on any atom is 0.254 e. The molecule has 1 rings (SSSR count). The Hall–Kier alpha value is -1.69. The summed E-state index contributed by atoms with van der Waals surface area (Å²) in [7, 11) is 0. The van der Waals surface area contributed by atoms with Crippen molar-refractivity contribution < 1.29 is 9.21 Å². The van der Waals surface area contributed by atoms with Crippen molar-refractivity contribution in [3.8, 4) is 12.3 Å². The molecule has 1 heterocycles. The molecular weight excluding hydrogens is 178 g/mol. The van der Waals surface area contributed by atoms with Gasteiger partial charge in [0.1, 0.15) is 12.0 Å². The van der Waals surface area contributed by atoms with Crippen molar-refractivity contribution >= 4 is 5.91 Å². The quantitative estimate of drug-likeness (QED) is 0.739. The summed E-state index contributed by atoms with van der Waals surface area (Å²) in [6, 6.07) is 1.68. The number of amides is 1. The molecule has 0 aliphatic heterocycles. The van der Waals surface area contributed by atoms with Gasteiger partial charge in [-0.05, 0) is 19.9 Å². The van der Waals surface area contributed by atoms with E-state index in [1.54, 1.807) is 13.0 Å². The first-order valence-electron chi connectivity index (χ1n) is 4.43. The lowest BCUT2D eigenvalue weighted by Crippen LogP contribution is -2.31. The fourth-order valence-corrected chi connectivity index (χ4v) is 1.10. The Kier molecular flexibility index (Phi) is 3.35. The molecular formula is C11H13NO2. The van der Waals surface area contributed by atoms with Crippen LogP contribution in [0.5, 0.6) is 0 Å². The zero-order chi connectivity index (χ0) is 10.6. The highest BCUT2D eigenvalue weighted by atomic mass is 16.3. The van der Waals surface area contributed by atoms with Crippen LogP contribution in [0.2, 0.25) is 0 Å². The average molecular weight is 191 g/mol. The van der Waals surface area contributed by atoms with Gasteiger partial charge in [-0.1, -0.05) is 0 Å². The van der Waals surface area contributed by atoms with Gasteiger partial charge in [0.25, 0.3) is 5.91 Å². The normalized spacial score (nSPS) is 11.8. The van der Waals surface area contributed by atoms with E-state index in [9.17, 15) is 4.79 Å². The van der Waals surface area contributed by atoms with Gasteiger partial charge < -0.3 is 9.73 Å². The SMILES string of the molecule is C#CCC(C)NC(=O)c1coc(C)c1. The first-order valence-corrected chi connectivity index (χ1v) is 4.43. The van der Waals surface area contributed by atoms with Crippen LogP contribution in [-0.4, -0.2) is 11.9 Å². The Morgan fingerprint density at radius 1 is 1.79 bits per heavy atom. The molecule has 3 heteroatoms. The minimum absolute atomic E-state index is 0.0114. The summed E-state index contributed by atoms with van der Waals surface area (Å²) in [4.78, 5) is 11.5. The predicted octanol–water partition coefficient (Wildman–Crippen LogP) is 1.73. The van der Waals surface area contributed by atoms with E-state index in [0.717, 1.165) is 5.76 Å². The van der Waals surface area contributed by atoms with E-state index in [1.165, 1.54) is 6.26 Å². The van der Waals surface area contributed by atoms with E-state index in [0.29, 0.717) is 12.0 Å². The number of carbonyl (C=O) groups excluding carboxylic acids is 1. The van der Waals surface area contributed by atoms with Crippen molar-refractivity contribution in [1.29, 1.82) is 0 Å². The molecule has 1 aromatic rings. The number of hydrogen-bond donors (Lipinski definition) is 1. The second-order valence-electron chi connectivity index (χ2n) is 3.23. The molecule has 74 valence electrons. The molecule has 0 saturated heterocycles. The number of rotatable bonds is 3. The van der Waals surface area contributed by atoms with Gasteiger partial charge in [0.05, 0.1) is 5.56 Å². The molecule has 0 spiro atoms. The third kappa shape index (κ3) is 2.67. The van der Waals surface area contributed by atoms with Gasteiger partial charge in [0, 0.05) is 12.5 Å². The molecule has 3 nitrogen and oxygen atoms in total. The van der Waals surface area contributed by atoms with Gasteiger partial charge in [0.2, 0.25) is 0 Å². The fraction of sp³-hybridized carbons (Fsp3) is 0.364. The van der Waals surface area contributed by atoms with Crippen LogP contribution in [0.3, 0.4) is 0 Å². The first kappa shape index (κ1) is 10.4. The van der Waals surface area contributed by atoms with Crippen molar-refractivity contribution in [2.45, 2.75) is 26.3 Å². The predicted molar refractivity (Wildman–Crippen MR) is 53.8 cm³/mol. The number of furan rings is 1. The third-order valence-corrected chi connectivity index (χ3v) is 1.79. The lowest BCUT2D eigenvalue weighted by molar-refractivity contribution is 0.0940. The number of aryl methyl sites for hydroxylation is 1. The molecule has 1 N–H and O–H groups in total. The largest absolute Gasteiger partial charge is 0.469 e. The summed E-state index contributed by atoms with van der Waals surface area (Å²) >= 11 is 0. The van der Waals surface area contributed by atoms with Crippen molar-refractivity contribution in [1.82, 2.24) is 5.32 Å². The minimum atomic E-state index is -0.149. The molecule has 1 aromatic heterocycles. The smallest absolute Gasteiger partial charge is 0.254 e. The van der Waals surface area contributed by atoms with Gasteiger partial charge in [-0.25, -0.2) is 0 Å². The van der Waals surface area contributed by atoms with E-state index in [4.69, 9.17) is 10.8 Å². The molecule has 1 amide bonds. The molecule has 0 aliphatic rings. The summed E-state index contributed by atoms with van der Waals surface area (Å²) in [5, 5.41) is 2.77. The molecule has 0 aliphatic carbocycles. The molecule has 1 unspecified atom stereocenters. The van der Waals surface area contributed by atoms with Crippen LogP contribution in [0.25, 0.3) is 0 Å². The van der Waals surface area contributed by atoms with Crippen molar-refractivity contribution in [2.75, 3.05) is 0 Å². The Morgan fingerprint density at radius 3 is 3.00 bits per heavy atom. The zero-order valence-electron chi connectivity index (χ0n) is 8.33. The third-order valence-electron chi connectivity index (χ3n) is 1.79. The Morgan fingerprint density at radius 2 is 2.50 bits per heavy atom. The summed E-state index contributed by atoms with van der Waals surface area (Å²) in [6.07, 6.45) is 7.10. The fourth-order valence-electron chi connectivity index (χ4n) is 1.10. The van der Waals surface area contributed by atoms with E-state index in [2.05, 4.69) is 11.2 Å². The Labute approximate surface area is 83.5 Å². The lowest BCUT2D eigenvalue weighted by Gasteiger charge is -2.08. The van der Waals surface area contributed by atoms with Crippen LogP contribution in [-0.2, 0) is 0 Å².